The molecule has 0 radical (unpaired) electrons. The molecule has 0 spiro atoms. The minimum absolute atomic E-state index is 0.0722. The van der Waals surface area contributed by atoms with Crippen molar-refractivity contribution in [3.8, 4) is 17.2 Å². The van der Waals surface area contributed by atoms with Gasteiger partial charge in [-0.05, 0) is 54.6 Å². The molecule has 3 rings (SSSR count). The Balaban J connectivity index is 1.72. The number of carbonyl (C=O) groups is 2. The van der Waals surface area contributed by atoms with Crippen molar-refractivity contribution in [1.29, 1.82) is 0 Å². The molecule has 3 aromatic rings. The number of aromatic hydroxyl groups is 1. The maximum Gasteiger partial charge on any atom is 0.343 e. The average Bonchev–Trinajstić information content (AvgIpc) is 2.79. The van der Waals surface area contributed by atoms with Crippen LogP contribution in [0.1, 0.15) is 26.3 Å². The van der Waals surface area contributed by atoms with Gasteiger partial charge in [0, 0.05) is 17.2 Å². The zero-order valence-electron chi connectivity index (χ0n) is 16.7. The first-order valence-electron chi connectivity index (χ1n) is 9.14. The van der Waals surface area contributed by atoms with Gasteiger partial charge in [0.05, 0.1) is 23.8 Å². The lowest BCUT2D eigenvalue weighted by Crippen LogP contribution is -2.17. The van der Waals surface area contributed by atoms with Gasteiger partial charge in [-0.25, -0.2) is 10.2 Å². The Kier molecular flexibility index (Phi) is 6.76. The van der Waals surface area contributed by atoms with Crippen LogP contribution in [0.3, 0.4) is 0 Å². The van der Waals surface area contributed by atoms with Crippen LogP contribution in [0.5, 0.6) is 17.2 Å². The highest BCUT2D eigenvalue weighted by atomic mass is 16.6. The first kappa shape index (κ1) is 22.0. The Morgan fingerprint density at radius 3 is 2.47 bits per heavy atom. The lowest BCUT2D eigenvalue weighted by atomic mass is 10.2. The molecule has 10 heteroatoms. The quantitative estimate of drug-likeness (QED) is 0.191. The lowest BCUT2D eigenvalue weighted by Gasteiger charge is -2.06. The van der Waals surface area contributed by atoms with Crippen LogP contribution in [0.25, 0.3) is 0 Å². The van der Waals surface area contributed by atoms with Crippen molar-refractivity contribution in [3.05, 3.63) is 93.5 Å². The van der Waals surface area contributed by atoms with E-state index in [1.54, 1.807) is 12.1 Å². The second-order valence-corrected chi connectivity index (χ2v) is 6.35. The summed E-state index contributed by atoms with van der Waals surface area (Å²) in [5.41, 5.74) is 2.48. The van der Waals surface area contributed by atoms with Crippen molar-refractivity contribution >= 4 is 23.8 Å². The van der Waals surface area contributed by atoms with Gasteiger partial charge in [-0.3, -0.25) is 14.9 Å². The number of carbonyl (C=O) groups excluding carboxylic acids is 2. The number of ether oxygens (including phenoxy) is 2. The van der Waals surface area contributed by atoms with E-state index in [-0.39, 0.29) is 28.2 Å². The van der Waals surface area contributed by atoms with E-state index in [2.05, 4.69) is 10.5 Å². The molecule has 10 nitrogen and oxygen atoms in total. The summed E-state index contributed by atoms with van der Waals surface area (Å²) < 4.78 is 10.2. The number of phenols is 1. The molecule has 2 N–H and O–H groups in total. The Morgan fingerprint density at radius 1 is 1.06 bits per heavy atom. The Labute approximate surface area is 181 Å². The van der Waals surface area contributed by atoms with E-state index in [0.29, 0.717) is 5.75 Å². The van der Waals surface area contributed by atoms with Crippen LogP contribution in [0.15, 0.2) is 71.8 Å². The molecule has 1 amide bonds. The second kappa shape index (κ2) is 9.85. The number of phenolic OH excluding ortho intramolecular Hbond substituents is 1. The molecule has 0 aliphatic heterocycles. The predicted molar refractivity (Wildman–Crippen MR) is 114 cm³/mol. The van der Waals surface area contributed by atoms with E-state index in [1.807, 2.05) is 0 Å². The third kappa shape index (κ3) is 5.45. The number of hydrogen-bond acceptors (Lipinski definition) is 8. The molecule has 0 aromatic heterocycles. The van der Waals surface area contributed by atoms with Gasteiger partial charge in [0.1, 0.15) is 11.5 Å². The van der Waals surface area contributed by atoms with E-state index in [1.165, 1.54) is 61.9 Å². The molecular weight excluding hydrogens is 418 g/mol. The first-order chi connectivity index (χ1) is 15.4. The maximum atomic E-state index is 12.3. The summed E-state index contributed by atoms with van der Waals surface area (Å²) in [6.07, 6.45) is 1.20. The Bertz CT molecular complexity index is 1190. The van der Waals surface area contributed by atoms with Crippen LogP contribution < -0.4 is 14.9 Å². The van der Waals surface area contributed by atoms with Gasteiger partial charge in [0.25, 0.3) is 5.91 Å². The van der Waals surface area contributed by atoms with Gasteiger partial charge in [-0.1, -0.05) is 6.07 Å². The zero-order valence-corrected chi connectivity index (χ0v) is 16.7. The second-order valence-electron chi connectivity index (χ2n) is 6.35. The molecule has 0 aliphatic carbocycles. The SMILES string of the molecule is COc1ccc(C(=O)Oc2ccc(/C=N/NC(=O)c3cccc(O)c3)cc2[N+](=O)[O-])cc1. The summed E-state index contributed by atoms with van der Waals surface area (Å²) in [6, 6.07) is 15.6. The number of esters is 1. The maximum absolute atomic E-state index is 12.3. The fourth-order valence-electron chi connectivity index (χ4n) is 2.61. The van der Waals surface area contributed by atoms with Crippen LogP contribution in [-0.2, 0) is 0 Å². The minimum Gasteiger partial charge on any atom is -0.508 e. The van der Waals surface area contributed by atoms with Crippen molar-refractivity contribution in [3.63, 3.8) is 0 Å². The van der Waals surface area contributed by atoms with E-state index in [4.69, 9.17) is 9.47 Å². The monoisotopic (exact) mass is 435 g/mol. The molecule has 0 heterocycles. The topological polar surface area (TPSA) is 140 Å². The molecule has 0 fully saturated rings. The normalized spacial score (nSPS) is 10.5. The zero-order chi connectivity index (χ0) is 23.1. The van der Waals surface area contributed by atoms with Crippen LogP contribution >= 0.6 is 0 Å². The summed E-state index contributed by atoms with van der Waals surface area (Å²) in [5, 5.41) is 24.6. The van der Waals surface area contributed by atoms with Crippen LogP contribution in [0.2, 0.25) is 0 Å². The molecule has 0 bridgehead atoms. The summed E-state index contributed by atoms with van der Waals surface area (Å²) in [4.78, 5) is 35.0. The number of rotatable bonds is 7. The third-order valence-electron chi connectivity index (χ3n) is 4.20. The van der Waals surface area contributed by atoms with Crippen molar-refractivity contribution in [2.75, 3.05) is 7.11 Å². The standard InChI is InChI=1S/C22H17N3O7/c1-31-18-8-6-15(7-9-18)22(28)32-20-10-5-14(11-19(20)25(29)30)13-23-24-21(27)16-3-2-4-17(26)12-16/h2-13,26H,1H3,(H,24,27)/b23-13+. The summed E-state index contributed by atoms with van der Waals surface area (Å²) >= 11 is 0. The largest absolute Gasteiger partial charge is 0.508 e. The molecule has 32 heavy (non-hydrogen) atoms. The molecular formula is C22H17N3O7. The molecule has 0 saturated heterocycles. The third-order valence-corrected chi connectivity index (χ3v) is 4.20. The van der Waals surface area contributed by atoms with Crippen molar-refractivity contribution in [2.45, 2.75) is 0 Å². The molecule has 3 aromatic carbocycles. The van der Waals surface area contributed by atoms with Crippen molar-refractivity contribution < 1.29 is 29.1 Å². The minimum atomic E-state index is -0.768. The van der Waals surface area contributed by atoms with Crippen molar-refractivity contribution in [1.82, 2.24) is 5.43 Å². The fourth-order valence-corrected chi connectivity index (χ4v) is 2.61. The number of methoxy groups -OCH3 is 1. The Morgan fingerprint density at radius 2 is 1.81 bits per heavy atom. The van der Waals surface area contributed by atoms with E-state index in [0.717, 1.165) is 6.07 Å². The Hall–Kier alpha value is -4.73. The highest BCUT2D eigenvalue weighted by Gasteiger charge is 2.19. The molecule has 162 valence electrons. The van der Waals surface area contributed by atoms with Gasteiger partial charge in [-0.15, -0.1) is 0 Å². The van der Waals surface area contributed by atoms with E-state index in [9.17, 15) is 24.8 Å². The van der Waals surface area contributed by atoms with Crippen LogP contribution in [0.4, 0.5) is 5.69 Å². The summed E-state index contributed by atoms with van der Waals surface area (Å²) in [7, 11) is 1.49. The molecule has 0 saturated carbocycles. The highest BCUT2D eigenvalue weighted by molar-refractivity contribution is 5.95. The molecule has 0 unspecified atom stereocenters. The number of nitrogens with zero attached hydrogens (tertiary/aromatic N) is 2. The van der Waals surface area contributed by atoms with Crippen LogP contribution in [0, 0.1) is 10.1 Å². The number of nitrogens with one attached hydrogen (secondary N) is 1. The molecule has 0 aliphatic rings. The van der Waals surface area contributed by atoms with Gasteiger partial charge in [0.2, 0.25) is 5.75 Å². The molecule has 0 atom stereocenters. The van der Waals surface area contributed by atoms with Crippen LogP contribution in [-0.4, -0.2) is 35.2 Å². The van der Waals surface area contributed by atoms with Gasteiger partial charge >= 0.3 is 11.7 Å². The summed E-state index contributed by atoms with van der Waals surface area (Å²) in [5.74, 6) is -1.10. The number of nitro groups is 1. The van der Waals surface area contributed by atoms with E-state index < -0.39 is 22.5 Å². The number of amides is 1. The number of nitro benzene ring substituents is 1. The van der Waals surface area contributed by atoms with Gasteiger partial charge in [-0.2, -0.15) is 5.10 Å². The smallest absolute Gasteiger partial charge is 0.343 e. The predicted octanol–water partition coefficient (Wildman–Crippen LogP) is 3.29. The fraction of sp³-hybridized carbons (Fsp3) is 0.0455. The van der Waals surface area contributed by atoms with Crippen molar-refractivity contribution in [2.24, 2.45) is 5.10 Å². The van der Waals surface area contributed by atoms with Gasteiger partial charge < -0.3 is 14.6 Å². The average molecular weight is 435 g/mol. The number of hydrogen-bond donors (Lipinski definition) is 2. The lowest BCUT2D eigenvalue weighted by molar-refractivity contribution is -0.385. The number of hydrazone groups is 1. The summed E-state index contributed by atoms with van der Waals surface area (Å²) in [6.45, 7) is 0. The number of benzene rings is 3. The highest BCUT2D eigenvalue weighted by Crippen LogP contribution is 2.28. The van der Waals surface area contributed by atoms with Gasteiger partial charge in [0.15, 0.2) is 0 Å². The first-order valence-corrected chi connectivity index (χ1v) is 9.14. The van der Waals surface area contributed by atoms with E-state index >= 15 is 0 Å².